The topological polar surface area (TPSA) is 65.5 Å². The zero-order valence-corrected chi connectivity index (χ0v) is 12.1. The fourth-order valence-corrected chi connectivity index (χ4v) is 2.59. The number of hydrogen-bond donors (Lipinski definition) is 0. The number of esters is 2. The van der Waals surface area contributed by atoms with E-state index in [9.17, 15) is 9.59 Å². The number of aryl methyl sites for hydroxylation is 1. The highest BCUT2D eigenvalue weighted by Crippen LogP contribution is 2.39. The van der Waals surface area contributed by atoms with E-state index in [0.29, 0.717) is 12.8 Å². The van der Waals surface area contributed by atoms with Crippen LogP contribution in [-0.4, -0.2) is 30.1 Å². The molecule has 1 aromatic rings. The lowest BCUT2D eigenvalue weighted by atomic mass is 9.85. The molecule has 0 saturated carbocycles. The van der Waals surface area contributed by atoms with Crippen LogP contribution >= 0.6 is 0 Å². The molecule has 2 rings (SSSR count). The molecule has 0 saturated heterocycles. The predicted molar refractivity (Wildman–Crippen MR) is 72.1 cm³/mol. The smallest absolute Gasteiger partial charge is 0.324 e. The van der Waals surface area contributed by atoms with Gasteiger partial charge in [-0.1, -0.05) is 0 Å². The number of carbonyl (C=O) groups is 2. The second kappa shape index (κ2) is 5.61. The van der Waals surface area contributed by atoms with E-state index in [1.165, 1.54) is 0 Å². The Hall–Kier alpha value is -1.91. The average Bonchev–Trinajstić information content (AvgIpc) is 2.79. The molecular weight excluding hydrogens is 258 g/mol. The molecule has 0 bridgehead atoms. The quantitative estimate of drug-likeness (QED) is 0.618. The molecule has 1 aromatic heterocycles. The molecule has 5 nitrogen and oxygen atoms in total. The van der Waals surface area contributed by atoms with Crippen LogP contribution in [0.25, 0.3) is 0 Å². The predicted octanol–water partition coefficient (Wildman–Crippen LogP) is 1.60. The number of fused-ring (bicyclic) bond motifs is 1. The van der Waals surface area contributed by atoms with Crippen LogP contribution in [0.1, 0.15) is 30.7 Å². The molecule has 0 fully saturated rings. The molecule has 0 aliphatic heterocycles. The first-order valence-electron chi connectivity index (χ1n) is 6.82. The monoisotopic (exact) mass is 277 g/mol. The Labute approximate surface area is 118 Å². The van der Waals surface area contributed by atoms with Gasteiger partial charge in [-0.2, -0.15) is 0 Å². The van der Waals surface area contributed by atoms with Crippen molar-refractivity contribution in [3.8, 4) is 0 Å². The van der Waals surface area contributed by atoms with Crippen molar-refractivity contribution in [3.63, 3.8) is 0 Å². The molecule has 0 radical (unpaired) electrons. The molecule has 1 heterocycles. The number of ether oxygens (including phenoxy) is 2. The van der Waals surface area contributed by atoms with E-state index in [1.807, 2.05) is 13.0 Å². The lowest BCUT2D eigenvalue weighted by molar-refractivity contribution is -0.171. The van der Waals surface area contributed by atoms with Crippen molar-refractivity contribution in [2.45, 2.75) is 33.6 Å². The summed E-state index contributed by atoms with van der Waals surface area (Å²) in [5.74, 6) is -1.01. The van der Waals surface area contributed by atoms with Gasteiger partial charge in [0.25, 0.3) is 0 Å². The third-order valence-electron chi connectivity index (χ3n) is 3.54. The molecule has 1 aliphatic rings. The first kappa shape index (κ1) is 14.5. The van der Waals surface area contributed by atoms with Crippen LogP contribution in [0.3, 0.4) is 0 Å². The van der Waals surface area contributed by atoms with E-state index in [2.05, 4.69) is 4.98 Å². The minimum atomic E-state index is -1.25. The lowest BCUT2D eigenvalue weighted by Crippen LogP contribution is -2.43. The Balaban J connectivity index is 2.37. The molecule has 1 aliphatic carbocycles. The maximum atomic E-state index is 12.3. The fraction of sp³-hybridized carbons (Fsp3) is 0.533. The van der Waals surface area contributed by atoms with Gasteiger partial charge in [-0.25, -0.2) is 0 Å². The summed E-state index contributed by atoms with van der Waals surface area (Å²) in [4.78, 5) is 28.8. The van der Waals surface area contributed by atoms with Crippen molar-refractivity contribution < 1.29 is 19.1 Å². The zero-order valence-electron chi connectivity index (χ0n) is 12.1. The maximum Gasteiger partial charge on any atom is 0.324 e. The maximum absolute atomic E-state index is 12.3. The fourth-order valence-electron chi connectivity index (χ4n) is 2.59. The van der Waals surface area contributed by atoms with Crippen molar-refractivity contribution in [1.82, 2.24) is 4.98 Å². The van der Waals surface area contributed by atoms with Crippen molar-refractivity contribution in [3.05, 3.63) is 29.1 Å². The summed E-state index contributed by atoms with van der Waals surface area (Å²) in [6.45, 7) is 5.82. The minimum Gasteiger partial charge on any atom is -0.465 e. The summed E-state index contributed by atoms with van der Waals surface area (Å²) >= 11 is 0. The van der Waals surface area contributed by atoms with Gasteiger partial charge in [0.05, 0.1) is 13.2 Å². The molecule has 108 valence electrons. The van der Waals surface area contributed by atoms with Gasteiger partial charge >= 0.3 is 11.9 Å². The molecule has 0 atom stereocenters. The Morgan fingerprint density at radius 2 is 1.70 bits per heavy atom. The molecule has 20 heavy (non-hydrogen) atoms. The number of nitrogens with zero attached hydrogens (tertiary/aromatic N) is 1. The number of carbonyl (C=O) groups excluding carboxylic acids is 2. The van der Waals surface area contributed by atoms with Gasteiger partial charge in [0.1, 0.15) is 0 Å². The van der Waals surface area contributed by atoms with Gasteiger partial charge in [0.2, 0.25) is 0 Å². The standard InChI is InChI=1S/C15H19NO4/c1-4-19-13(17)15(14(18)20-5-2)7-11-6-10(3)16-9-12(11)8-15/h6,9H,4-5,7-8H2,1-3H3. The SMILES string of the molecule is CCOC(=O)C1(C(=O)OCC)Cc2cnc(C)cc2C1. The van der Waals surface area contributed by atoms with Crippen molar-refractivity contribution in [2.75, 3.05) is 13.2 Å². The molecule has 0 spiro atoms. The normalized spacial score (nSPS) is 15.6. The first-order valence-corrected chi connectivity index (χ1v) is 6.82. The van der Waals surface area contributed by atoms with Crippen LogP contribution in [-0.2, 0) is 31.9 Å². The number of pyridine rings is 1. The minimum absolute atomic E-state index is 0.244. The highest BCUT2D eigenvalue weighted by Gasteiger charge is 2.53. The van der Waals surface area contributed by atoms with Crippen LogP contribution in [0.15, 0.2) is 12.3 Å². The van der Waals surface area contributed by atoms with E-state index in [0.717, 1.165) is 16.8 Å². The van der Waals surface area contributed by atoms with Gasteiger partial charge in [-0.3, -0.25) is 14.6 Å². The summed E-state index contributed by atoms with van der Waals surface area (Å²) in [5, 5.41) is 0. The molecule has 0 aromatic carbocycles. The van der Waals surface area contributed by atoms with Gasteiger partial charge in [-0.05, 0) is 44.4 Å². The summed E-state index contributed by atoms with van der Waals surface area (Å²) in [5.41, 5.74) is 1.51. The Morgan fingerprint density at radius 3 is 2.25 bits per heavy atom. The van der Waals surface area contributed by atoms with E-state index in [-0.39, 0.29) is 13.2 Å². The van der Waals surface area contributed by atoms with Crippen molar-refractivity contribution >= 4 is 11.9 Å². The highest BCUT2D eigenvalue weighted by molar-refractivity contribution is 6.01. The van der Waals surface area contributed by atoms with Crippen LogP contribution in [0.5, 0.6) is 0 Å². The summed E-state index contributed by atoms with van der Waals surface area (Å²) < 4.78 is 10.2. The van der Waals surface area contributed by atoms with Gasteiger partial charge in [0.15, 0.2) is 5.41 Å². The van der Waals surface area contributed by atoms with Crippen molar-refractivity contribution in [2.24, 2.45) is 5.41 Å². The third kappa shape index (κ3) is 2.40. The van der Waals surface area contributed by atoms with E-state index in [4.69, 9.17) is 9.47 Å². The Kier molecular flexibility index (Phi) is 4.06. The number of rotatable bonds is 4. The molecule has 5 heteroatoms. The second-order valence-corrected chi connectivity index (χ2v) is 4.97. The molecule has 0 unspecified atom stereocenters. The van der Waals surface area contributed by atoms with Gasteiger partial charge < -0.3 is 9.47 Å². The summed E-state index contributed by atoms with van der Waals surface area (Å²) in [6, 6.07) is 1.91. The summed E-state index contributed by atoms with van der Waals surface area (Å²) in [6.07, 6.45) is 2.35. The van der Waals surface area contributed by atoms with Crippen LogP contribution in [0.4, 0.5) is 0 Å². The lowest BCUT2D eigenvalue weighted by Gasteiger charge is -2.23. The van der Waals surface area contributed by atoms with Gasteiger partial charge in [0, 0.05) is 18.3 Å². The number of aromatic nitrogens is 1. The average molecular weight is 277 g/mol. The highest BCUT2D eigenvalue weighted by atomic mass is 16.6. The Bertz CT molecular complexity index is 521. The van der Waals surface area contributed by atoms with Crippen LogP contribution in [0.2, 0.25) is 0 Å². The van der Waals surface area contributed by atoms with E-state index < -0.39 is 17.4 Å². The van der Waals surface area contributed by atoms with E-state index >= 15 is 0 Å². The van der Waals surface area contributed by atoms with Crippen LogP contribution < -0.4 is 0 Å². The summed E-state index contributed by atoms with van der Waals surface area (Å²) in [7, 11) is 0. The van der Waals surface area contributed by atoms with E-state index in [1.54, 1.807) is 20.0 Å². The molecule has 0 N–H and O–H groups in total. The van der Waals surface area contributed by atoms with Gasteiger partial charge in [-0.15, -0.1) is 0 Å². The number of hydrogen-bond acceptors (Lipinski definition) is 5. The molecule has 0 amide bonds. The second-order valence-electron chi connectivity index (χ2n) is 4.97. The first-order chi connectivity index (χ1) is 9.53. The largest absolute Gasteiger partial charge is 0.465 e. The Morgan fingerprint density at radius 1 is 1.15 bits per heavy atom. The third-order valence-corrected chi connectivity index (χ3v) is 3.54. The zero-order chi connectivity index (χ0) is 14.8. The van der Waals surface area contributed by atoms with Crippen LogP contribution in [0, 0.1) is 12.3 Å². The molecular formula is C15H19NO4. The van der Waals surface area contributed by atoms with Crippen molar-refractivity contribution in [1.29, 1.82) is 0 Å².